The van der Waals surface area contributed by atoms with E-state index in [1.165, 1.54) is 29.2 Å². The van der Waals surface area contributed by atoms with E-state index in [1.54, 1.807) is 12.1 Å². The molecule has 0 aliphatic rings. The maximum absolute atomic E-state index is 13.1. The fourth-order valence-electron chi connectivity index (χ4n) is 2.89. The Labute approximate surface area is 182 Å². The minimum atomic E-state index is -0.635. The second kappa shape index (κ2) is 11.6. The van der Waals surface area contributed by atoms with Gasteiger partial charge in [-0.25, -0.2) is 4.39 Å². The molecule has 0 fully saturated rings. The molecule has 1 atom stereocenters. The van der Waals surface area contributed by atoms with Crippen molar-refractivity contribution in [2.75, 3.05) is 13.2 Å². The van der Waals surface area contributed by atoms with E-state index >= 15 is 0 Å². The van der Waals surface area contributed by atoms with E-state index in [9.17, 15) is 14.0 Å². The topological polar surface area (TPSA) is 58.6 Å². The second-order valence-electron chi connectivity index (χ2n) is 7.45. The van der Waals surface area contributed by atoms with E-state index in [1.807, 2.05) is 32.9 Å². The van der Waals surface area contributed by atoms with Crippen LogP contribution in [0.25, 0.3) is 0 Å². The first kappa shape index (κ1) is 23.7. The molecule has 1 N–H and O–H groups in total. The third-order valence-corrected chi connectivity index (χ3v) is 4.76. The third-order valence-electron chi connectivity index (χ3n) is 4.51. The lowest BCUT2D eigenvalue weighted by Gasteiger charge is -2.30. The van der Waals surface area contributed by atoms with Crippen LogP contribution in [0.2, 0.25) is 5.02 Å². The average molecular weight is 435 g/mol. The molecule has 0 radical (unpaired) electrons. The van der Waals surface area contributed by atoms with Gasteiger partial charge in [0, 0.05) is 18.1 Å². The van der Waals surface area contributed by atoms with E-state index in [2.05, 4.69) is 5.32 Å². The second-order valence-corrected chi connectivity index (χ2v) is 7.89. The largest absolute Gasteiger partial charge is 0.484 e. The van der Waals surface area contributed by atoms with Gasteiger partial charge in [-0.3, -0.25) is 9.59 Å². The van der Waals surface area contributed by atoms with Crippen molar-refractivity contribution >= 4 is 23.4 Å². The molecule has 2 aromatic rings. The molecule has 0 heterocycles. The lowest BCUT2D eigenvalue weighted by molar-refractivity contribution is -0.143. The predicted octanol–water partition coefficient (Wildman–Crippen LogP) is 4.44. The molecular formula is C23H28ClFN2O3. The molecule has 0 saturated carbocycles. The Bertz CT molecular complexity index is 825. The highest BCUT2D eigenvalue weighted by molar-refractivity contribution is 6.30. The zero-order valence-electron chi connectivity index (χ0n) is 17.5. The summed E-state index contributed by atoms with van der Waals surface area (Å²) in [6.07, 6.45) is 0.458. The molecule has 0 saturated heterocycles. The summed E-state index contributed by atoms with van der Waals surface area (Å²) in [5.41, 5.74) is 0.852. The van der Waals surface area contributed by atoms with E-state index in [0.29, 0.717) is 29.7 Å². The van der Waals surface area contributed by atoms with Crippen LogP contribution in [-0.4, -0.2) is 35.9 Å². The molecule has 0 aliphatic heterocycles. The van der Waals surface area contributed by atoms with Crippen LogP contribution in [0.4, 0.5) is 4.39 Å². The van der Waals surface area contributed by atoms with Crippen LogP contribution >= 0.6 is 11.6 Å². The van der Waals surface area contributed by atoms with E-state index in [0.717, 1.165) is 5.56 Å². The standard InChI is InChI=1S/C23H28ClFN2O3/c1-4-21(23(29)26-13-16(2)3)27(14-17-5-7-18(24)8-6-17)22(28)15-30-20-11-9-19(25)10-12-20/h5-12,16,21H,4,13-15H2,1-3H3,(H,26,29)/t21-/m0/s1. The maximum atomic E-state index is 13.1. The summed E-state index contributed by atoms with van der Waals surface area (Å²) in [5.74, 6) is -0.232. The van der Waals surface area contributed by atoms with Crippen LogP contribution < -0.4 is 10.1 Å². The van der Waals surface area contributed by atoms with Crippen LogP contribution in [0.1, 0.15) is 32.8 Å². The Morgan fingerprint density at radius 2 is 1.73 bits per heavy atom. The average Bonchev–Trinajstić information content (AvgIpc) is 2.72. The van der Waals surface area contributed by atoms with Gasteiger partial charge in [0.2, 0.25) is 5.91 Å². The Hall–Kier alpha value is -2.60. The molecule has 0 unspecified atom stereocenters. The van der Waals surface area contributed by atoms with Gasteiger partial charge in [-0.05, 0) is 54.3 Å². The number of nitrogens with one attached hydrogen (secondary N) is 1. The van der Waals surface area contributed by atoms with Gasteiger partial charge in [-0.15, -0.1) is 0 Å². The number of hydrogen-bond acceptors (Lipinski definition) is 3. The zero-order valence-corrected chi connectivity index (χ0v) is 18.3. The predicted molar refractivity (Wildman–Crippen MR) is 116 cm³/mol. The van der Waals surface area contributed by atoms with Crippen molar-refractivity contribution in [1.82, 2.24) is 10.2 Å². The van der Waals surface area contributed by atoms with Crippen molar-refractivity contribution < 1.29 is 18.7 Å². The monoisotopic (exact) mass is 434 g/mol. The summed E-state index contributed by atoms with van der Waals surface area (Å²) in [6.45, 7) is 6.40. The van der Waals surface area contributed by atoms with Crippen molar-refractivity contribution in [2.45, 2.75) is 39.8 Å². The van der Waals surface area contributed by atoms with Crippen molar-refractivity contribution in [1.29, 1.82) is 0 Å². The number of halogens is 2. The number of amides is 2. The number of nitrogens with zero attached hydrogens (tertiary/aromatic N) is 1. The molecule has 5 nitrogen and oxygen atoms in total. The number of benzene rings is 2. The van der Waals surface area contributed by atoms with Crippen LogP contribution in [0.15, 0.2) is 48.5 Å². The summed E-state index contributed by atoms with van der Waals surface area (Å²) in [5, 5.41) is 3.50. The van der Waals surface area contributed by atoms with Gasteiger partial charge in [0.15, 0.2) is 6.61 Å². The summed E-state index contributed by atoms with van der Waals surface area (Å²) in [6, 6.07) is 11.9. The lowest BCUT2D eigenvalue weighted by Crippen LogP contribution is -2.50. The molecule has 2 aromatic carbocycles. The van der Waals surface area contributed by atoms with Crippen LogP contribution in [0.3, 0.4) is 0 Å². The molecule has 0 aliphatic carbocycles. The van der Waals surface area contributed by atoms with Gasteiger partial charge in [0.05, 0.1) is 0 Å². The first-order valence-electron chi connectivity index (χ1n) is 10.00. The van der Waals surface area contributed by atoms with Crippen molar-refractivity contribution in [2.24, 2.45) is 5.92 Å². The van der Waals surface area contributed by atoms with Gasteiger partial charge in [0.25, 0.3) is 5.91 Å². The van der Waals surface area contributed by atoms with Crippen molar-refractivity contribution in [3.63, 3.8) is 0 Å². The molecule has 0 aromatic heterocycles. The maximum Gasteiger partial charge on any atom is 0.261 e. The minimum Gasteiger partial charge on any atom is -0.484 e. The molecule has 7 heteroatoms. The SMILES string of the molecule is CC[C@@H](C(=O)NCC(C)C)N(Cc1ccc(Cl)cc1)C(=O)COc1ccc(F)cc1. The minimum absolute atomic E-state index is 0.199. The zero-order chi connectivity index (χ0) is 22.1. The highest BCUT2D eigenvalue weighted by atomic mass is 35.5. The fourth-order valence-corrected chi connectivity index (χ4v) is 3.01. The number of hydrogen-bond donors (Lipinski definition) is 1. The molecule has 2 amide bonds. The number of rotatable bonds is 10. The van der Waals surface area contributed by atoms with Gasteiger partial charge in [-0.1, -0.05) is 44.5 Å². The fraction of sp³-hybridized carbons (Fsp3) is 0.391. The molecule has 0 bridgehead atoms. The molecule has 0 spiro atoms. The van der Waals surface area contributed by atoms with Crippen LogP contribution in [0.5, 0.6) is 5.75 Å². The highest BCUT2D eigenvalue weighted by Crippen LogP contribution is 2.17. The van der Waals surface area contributed by atoms with Gasteiger partial charge in [-0.2, -0.15) is 0 Å². The first-order chi connectivity index (χ1) is 14.3. The summed E-state index contributed by atoms with van der Waals surface area (Å²) in [4.78, 5) is 27.3. The number of carbonyl (C=O) groups excluding carboxylic acids is 2. The third kappa shape index (κ3) is 7.34. The van der Waals surface area contributed by atoms with E-state index in [4.69, 9.17) is 16.3 Å². The van der Waals surface area contributed by atoms with Crippen LogP contribution in [-0.2, 0) is 16.1 Å². The summed E-state index contributed by atoms with van der Waals surface area (Å²) >= 11 is 5.96. The van der Waals surface area contributed by atoms with E-state index in [-0.39, 0.29) is 30.8 Å². The number of ether oxygens (including phenoxy) is 1. The molecule has 162 valence electrons. The summed E-state index contributed by atoms with van der Waals surface area (Å²) in [7, 11) is 0. The van der Waals surface area contributed by atoms with Crippen LogP contribution in [0, 0.1) is 11.7 Å². The normalized spacial score (nSPS) is 11.8. The van der Waals surface area contributed by atoms with Gasteiger partial charge >= 0.3 is 0 Å². The van der Waals surface area contributed by atoms with Crippen molar-refractivity contribution in [3.05, 3.63) is 64.9 Å². The van der Waals surface area contributed by atoms with Crippen molar-refractivity contribution in [3.8, 4) is 5.75 Å². The smallest absolute Gasteiger partial charge is 0.261 e. The first-order valence-corrected chi connectivity index (χ1v) is 10.4. The Morgan fingerprint density at radius 3 is 2.30 bits per heavy atom. The Kier molecular flexibility index (Phi) is 9.12. The molecular weight excluding hydrogens is 407 g/mol. The lowest BCUT2D eigenvalue weighted by atomic mass is 10.1. The number of carbonyl (C=O) groups is 2. The summed E-state index contributed by atoms with van der Waals surface area (Å²) < 4.78 is 18.6. The molecule has 2 rings (SSSR count). The quantitative estimate of drug-likeness (QED) is 0.601. The molecule has 30 heavy (non-hydrogen) atoms. The van der Waals surface area contributed by atoms with Gasteiger partial charge < -0.3 is 15.0 Å². The highest BCUT2D eigenvalue weighted by Gasteiger charge is 2.29. The van der Waals surface area contributed by atoms with E-state index < -0.39 is 6.04 Å². The Morgan fingerprint density at radius 1 is 1.10 bits per heavy atom. The Balaban J connectivity index is 2.17. The van der Waals surface area contributed by atoms with Gasteiger partial charge in [0.1, 0.15) is 17.6 Å².